The Balaban J connectivity index is 1.22. The lowest BCUT2D eigenvalue weighted by molar-refractivity contribution is -0.136. The number of nitrogens with zero attached hydrogens (tertiary/aromatic N) is 3. The van der Waals surface area contributed by atoms with Gasteiger partial charge in [0.15, 0.2) is 0 Å². The zero-order valence-electron chi connectivity index (χ0n) is 19.0. The van der Waals surface area contributed by atoms with Crippen LogP contribution in [0.2, 0.25) is 0 Å². The van der Waals surface area contributed by atoms with Gasteiger partial charge in [0.2, 0.25) is 11.8 Å². The molecule has 33 heavy (non-hydrogen) atoms. The number of amides is 3. The van der Waals surface area contributed by atoms with Crippen molar-refractivity contribution in [3.63, 3.8) is 0 Å². The van der Waals surface area contributed by atoms with Crippen LogP contribution in [0.3, 0.4) is 0 Å². The number of aryl methyl sites for hydroxylation is 1. The predicted molar refractivity (Wildman–Crippen MR) is 121 cm³/mol. The number of aromatic nitrogens is 1. The number of hydrogen-bond donors (Lipinski definition) is 1. The van der Waals surface area contributed by atoms with E-state index in [9.17, 15) is 14.4 Å². The molecule has 2 aromatic rings. The number of ether oxygens (including phenoxy) is 1. The Morgan fingerprint density at radius 1 is 1.15 bits per heavy atom. The van der Waals surface area contributed by atoms with Crippen LogP contribution in [0.1, 0.15) is 52.0 Å². The van der Waals surface area contributed by atoms with Gasteiger partial charge in [-0.1, -0.05) is 0 Å². The molecule has 1 N–H and O–H groups in total. The summed E-state index contributed by atoms with van der Waals surface area (Å²) in [4.78, 5) is 44.8. The number of piperidine rings is 1. The molecule has 3 aliphatic heterocycles. The Bertz CT molecular complexity index is 1130. The standard InChI is InChI=1S/C25H28N4O4/c1-15-16(2)26-9-7-17(15)12-28-10-8-20(14-28)33-19-3-4-21-18(11-19)13-29(25(21)32)22-5-6-23(30)27-24(22)31/h3-4,7,9,11,20,22H,5-6,8,10,12-14H2,1-2H3,(H,27,30,31). The highest BCUT2D eigenvalue weighted by Gasteiger charge is 2.39. The number of carbonyl (C=O) groups excluding carboxylic acids is 3. The summed E-state index contributed by atoms with van der Waals surface area (Å²) in [5.41, 5.74) is 5.07. The van der Waals surface area contributed by atoms with Gasteiger partial charge in [0, 0.05) is 50.1 Å². The Morgan fingerprint density at radius 2 is 2.00 bits per heavy atom. The van der Waals surface area contributed by atoms with Gasteiger partial charge in [-0.15, -0.1) is 0 Å². The molecule has 1 aromatic heterocycles. The van der Waals surface area contributed by atoms with Gasteiger partial charge in [0.1, 0.15) is 17.9 Å². The first-order valence-corrected chi connectivity index (χ1v) is 11.5. The molecule has 0 aliphatic carbocycles. The second-order valence-corrected chi connectivity index (χ2v) is 9.16. The molecule has 0 radical (unpaired) electrons. The normalized spacial score (nSPS) is 23.1. The van der Waals surface area contributed by atoms with Crippen LogP contribution in [0, 0.1) is 13.8 Å². The Hall–Kier alpha value is -3.26. The van der Waals surface area contributed by atoms with Crippen LogP contribution in [0.4, 0.5) is 0 Å². The summed E-state index contributed by atoms with van der Waals surface area (Å²) >= 11 is 0. The Labute approximate surface area is 192 Å². The molecule has 2 atom stereocenters. The number of likely N-dealkylation sites (tertiary alicyclic amines) is 1. The number of fused-ring (bicyclic) bond motifs is 1. The van der Waals surface area contributed by atoms with Gasteiger partial charge < -0.3 is 9.64 Å². The van der Waals surface area contributed by atoms with Crippen LogP contribution < -0.4 is 10.1 Å². The highest BCUT2D eigenvalue weighted by molar-refractivity contribution is 6.05. The Morgan fingerprint density at radius 3 is 2.82 bits per heavy atom. The molecule has 3 amide bonds. The molecular weight excluding hydrogens is 420 g/mol. The van der Waals surface area contributed by atoms with Crippen LogP contribution in [0.15, 0.2) is 30.5 Å². The molecule has 0 bridgehead atoms. The number of hydrogen-bond acceptors (Lipinski definition) is 6. The predicted octanol–water partition coefficient (Wildman–Crippen LogP) is 2.11. The van der Waals surface area contributed by atoms with Crippen molar-refractivity contribution in [3.05, 3.63) is 58.4 Å². The number of rotatable bonds is 5. The maximum atomic E-state index is 12.9. The van der Waals surface area contributed by atoms with Gasteiger partial charge in [0.25, 0.3) is 5.91 Å². The fourth-order valence-corrected chi connectivity index (χ4v) is 4.96. The van der Waals surface area contributed by atoms with Gasteiger partial charge in [-0.05, 0) is 67.6 Å². The van der Waals surface area contributed by atoms with Crippen molar-refractivity contribution in [2.24, 2.45) is 0 Å². The first-order chi connectivity index (χ1) is 15.9. The van der Waals surface area contributed by atoms with Crippen LogP contribution in [-0.4, -0.2) is 57.7 Å². The van der Waals surface area contributed by atoms with Gasteiger partial charge >= 0.3 is 0 Å². The first-order valence-electron chi connectivity index (χ1n) is 11.5. The minimum atomic E-state index is -0.601. The zero-order valence-corrected chi connectivity index (χ0v) is 19.0. The molecule has 5 rings (SSSR count). The summed E-state index contributed by atoms with van der Waals surface area (Å²) in [5, 5.41) is 2.34. The molecule has 4 heterocycles. The van der Waals surface area contributed by atoms with E-state index in [0.29, 0.717) is 18.5 Å². The maximum Gasteiger partial charge on any atom is 0.255 e. The van der Waals surface area contributed by atoms with E-state index in [4.69, 9.17) is 4.74 Å². The average Bonchev–Trinajstić information content (AvgIpc) is 3.35. The number of nitrogens with one attached hydrogen (secondary N) is 1. The van der Waals surface area contributed by atoms with E-state index < -0.39 is 11.9 Å². The summed E-state index contributed by atoms with van der Waals surface area (Å²) in [7, 11) is 0. The van der Waals surface area contributed by atoms with Crippen molar-refractivity contribution in [2.45, 2.75) is 58.3 Å². The molecule has 3 aliphatic rings. The molecule has 2 fully saturated rings. The fraction of sp³-hybridized carbons (Fsp3) is 0.440. The SMILES string of the molecule is Cc1nccc(CN2CCC(Oc3ccc4c(c3)CN(C3CCC(=O)NC3=O)C4=O)C2)c1C. The summed E-state index contributed by atoms with van der Waals surface area (Å²) < 4.78 is 6.27. The molecule has 8 heteroatoms. The quantitative estimate of drug-likeness (QED) is 0.705. The highest BCUT2D eigenvalue weighted by atomic mass is 16.5. The number of benzene rings is 1. The number of carbonyl (C=O) groups is 3. The fourth-order valence-electron chi connectivity index (χ4n) is 4.96. The second kappa shape index (κ2) is 8.59. The topological polar surface area (TPSA) is 91.8 Å². The van der Waals surface area contributed by atoms with E-state index in [-0.39, 0.29) is 24.3 Å². The lowest BCUT2D eigenvalue weighted by Gasteiger charge is -2.29. The van der Waals surface area contributed by atoms with Gasteiger partial charge in [-0.2, -0.15) is 0 Å². The number of imide groups is 1. The van der Waals surface area contributed by atoms with Crippen molar-refractivity contribution in [3.8, 4) is 5.75 Å². The van der Waals surface area contributed by atoms with E-state index in [2.05, 4.69) is 28.2 Å². The van der Waals surface area contributed by atoms with E-state index in [1.807, 2.05) is 25.3 Å². The smallest absolute Gasteiger partial charge is 0.255 e. The maximum absolute atomic E-state index is 12.9. The van der Waals surface area contributed by atoms with E-state index >= 15 is 0 Å². The van der Waals surface area contributed by atoms with Gasteiger partial charge in [-0.25, -0.2) is 0 Å². The van der Waals surface area contributed by atoms with Crippen molar-refractivity contribution in [2.75, 3.05) is 13.1 Å². The third-order valence-corrected chi connectivity index (χ3v) is 6.99. The average molecular weight is 449 g/mol. The largest absolute Gasteiger partial charge is 0.489 e. The van der Waals surface area contributed by atoms with Crippen LogP contribution in [0.25, 0.3) is 0 Å². The third-order valence-electron chi connectivity index (χ3n) is 6.99. The van der Waals surface area contributed by atoms with Crippen LogP contribution in [-0.2, 0) is 22.7 Å². The summed E-state index contributed by atoms with van der Waals surface area (Å²) in [6.07, 6.45) is 3.52. The third kappa shape index (κ3) is 4.23. The number of pyridine rings is 1. The van der Waals surface area contributed by atoms with Gasteiger partial charge in [0.05, 0.1) is 0 Å². The molecule has 172 valence electrons. The van der Waals surface area contributed by atoms with Gasteiger partial charge in [-0.3, -0.25) is 29.6 Å². The molecule has 0 spiro atoms. The van der Waals surface area contributed by atoms with Crippen molar-refractivity contribution in [1.29, 1.82) is 0 Å². The lowest BCUT2D eigenvalue weighted by Crippen LogP contribution is -2.52. The molecule has 8 nitrogen and oxygen atoms in total. The van der Waals surface area contributed by atoms with Crippen LogP contribution >= 0.6 is 0 Å². The van der Waals surface area contributed by atoms with Crippen molar-refractivity contribution >= 4 is 17.7 Å². The Kier molecular flexibility index (Phi) is 5.62. The molecule has 2 saturated heterocycles. The summed E-state index contributed by atoms with van der Waals surface area (Å²) in [5.74, 6) is -0.0963. The zero-order chi connectivity index (χ0) is 23.1. The minimum Gasteiger partial charge on any atom is -0.489 e. The molecule has 1 aromatic carbocycles. The lowest BCUT2D eigenvalue weighted by atomic mass is 10.0. The van der Waals surface area contributed by atoms with Crippen molar-refractivity contribution in [1.82, 2.24) is 20.1 Å². The summed E-state index contributed by atoms with van der Waals surface area (Å²) in [6, 6.07) is 7.02. The van der Waals surface area contributed by atoms with E-state index in [0.717, 1.165) is 43.1 Å². The minimum absolute atomic E-state index is 0.0923. The molecular formula is C25H28N4O4. The van der Waals surface area contributed by atoms with Crippen LogP contribution in [0.5, 0.6) is 5.75 Å². The van der Waals surface area contributed by atoms with E-state index in [1.54, 1.807) is 11.0 Å². The van der Waals surface area contributed by atoms with Crippen molar-refractivity contribution < 1.29 is 19.1 Å². The second-order valence-electron chi connectivity index (χ2n) is 9.16. The monoisotopic (exact) mass is 448 g/mol. The van der Waals surface area contributed by atoms with E-state index in [1.165, 1.54) is 11.1 Å². The highest BCUT2D eigenvalue weighted by Crippen LogP contribution is 2.31. The summed E-state index contributed by atoms with van der Waals surface area (Å²) in [6.45, 7) is 7.21. The first kappa shape index (κ1) is 21.6. The molecule has 0 saturated carbocycles. The molecule has 2 unspecified atom stereocenters.